The standard InChI is InChI=1S/C12H13NO4/c1-6-4-5-7(16-2)9-8(6)11(14)10(13-9)12(15)17-3/h4-5,13-14H,1-3H3. The van der Waals surface area contributed by atoms with Gasteiger partial charge in [0.2, 0.25) is 0 Å². The van der Waals surface area contributed by atoms with Gasteiger partial charge in [-0.2, -0.15) is 0 Å². The van der Waals surface area contributed by atoms with E-state index in [0.29, 0.717) is 16.7 Å². The first-order valence-electron chi connectivity index (χ1n) is 5.06. The number of aromatic amines is 1. The van der Waals surface area contributed by atoms with Gasteiger partial charge in [-0.05, 0) is 18.6 Å². The summed E-state index contributed by atoms with van der Waals surface area (Å²) in [7, 11) is 2.79. The van der Waals surface area contributed by atoms with Crippen LogP contribution in [0.1, 0.15) is 16.1 Å². The molecular weight excluding hydrogens is 222 g/mol. The van der Waals surface area contributed by atoms with Crippen molar-refractivity contribution in [2.24, 2.45) is 0 Å². The fourth-order valence-corrected chi connectivity index (χ4v) is 1.85. The van der Waals surface area contributed by atoms with Crippen LogP contribution in [0.3, 0.4) is 0 Å². The number of rotatable bonds is 2. The van der Waals surface area contributed by atoms with Crippen LogP contribution in [0.4, 0.5) is 0 Å². The van der Waals surface area contributed by atoms with E-state index < -0.39 is 5.97 Å². The average Bonchev–Trinajstić information content (AvgIpc) is 2.68. The Balaban J connectivity index is 2.80. The molecule has 2 rings (SSSR count). The van der Waals surface area contributed by atoms with E-state index >= 15 is 0 Å². The molecule has 1 aromatic carbocycles. The third-order valence-electron chi connectivity index (χ3n) is 2.71. The van der Waals surface area contributed by atoms with Gasteiger partial charge < -0.3 is 19.6 Å². The second kappa shape index (κ2) is 4.01. The van der Waals surface area contributed by atoms with Crippen LogP contribution in [0.25, 0.3) is 10.9 Å². The van der Waals surface area contributed by atoms with Crippen molar-refractivity contribution in [2.45, 2.75) is 6.92 Å². The molecule has 5 nitrogen and oxygen atoms in total. The zero-order valence-electron chi connectivity index (χ0n) is 9.83. The third kappa shape index (κ3) is 1.60. The second-order valence-electron chi connectivity index (χ2n) is 3.67. The van der Waals surface area contributed by atoms with Gasteiger partial charge in [-0.1, -0.05) is 6.07 Å². The number of H-pyrrole nitrogens is 1. The zero-order valence-corrected chi connectivity index (χ0v) is 9.83. The molecule has 0 unspecified atom stereocenters. The number of nitrogens with one attached hydrogen (secondary N) is 1. The molecule has 1 heterocycles. The van der Waals surface area contributed by atoms with Crippen LogP contribution in [-0.4, -0.2) is 30.3 Å². The van der Waals surface area contributed by atoms with E-state index in [1.807, 2.05) is 13.0 Å². The molecule has 2 aromatic rings. The summed E-state index contributed by atoms with van der Waals surface area (Å²) in [4.78, 5) is 14.3. The first-order valence-corrected chi connectivity index (χ1v) is 5.06. The molecule has 0 saturated carbocycles. The Morgan fingerprint density at radius 2 is 2.06 bits per heavy atom. The number of hydrogen-bond donors (Lipinski definition) is 2. The van der Waals surface area contributed by atoms with Crippen LogP contribution in [0, 0.1) is 6.92 Å². The van der Waals surface area contributed by atoms with E-state index in [1.54, 1.807) is 6.07 Å². The number of fused-ring (bicyclic) bond motifs is 1. The van der Waals surface area contributed by atoms with Gasteiger partial charge in [-0.3, -0.25) is 0 Å². The molecule has 0 amide bonds. The Morgan fingerprint density at radius 1 is 1.35 bits per heavy atom. The molecule has 0 atom stereocenters. The highest BCUT2D eigenvalue weighted by atomic mass is 16.5. The number of aromatic nitrogens is 1. The summed E-state index contributed by atoms with van der Waals surface area (Å²) in [5.41, 5.74) is 1.48. The molecule has 0 aliphatic carbocycles. The number of hydrogen-bond acceptors (Lipinski definition) is 4. The summed E-state index contributed by atoms with van der Waals surface area (Å²) in [6, 6.07) is 3.59. The average molecular weight is 235 g/mol. The van der Waals surface area contributed by atoms with Gasteiger partial charge in [-0.25, -0.2) is 4.79 Å². The summed E-state index contributed by atoms with van der Waals surface area (Å²) < 4.78 is 9.76. The quantitative estimate of drug-likeness (QED) is 0.781. The largest absolute Gasteiger partial charge is 0.505 e. The Bertz CT molecular complexity index is 586. The SMILES string of the molecule is COC(=O)c1[nH]c2c(OC)ccc(C)c2c1O. The van der Waals surface area contributed by atoms with Crippen LogP contribution < -0.4 is 4.74 Å². The summed E-state index contributed by atoms with van der Waals surface area (Å²) in [5.74, 6) is -0.153. The molecule has 0 spiro atoms. The Hall–Kier alpha value is -2.17. The molecule has 17 heavy (non-hydrogen) atoms. The minimum Gasteiger partial charge on any atom is -0.505 e. The minimum atomic E-state index is -0.611. The molecule has 0 bridgehead atoms. The smallest absolute Gasteiger partial charge is 0.358 e. The first-order chi connectivity index (χ1) is 8.10. The Morgan fingerprint density at radius 3 is 2.65 bits per heavy atom. The van der Waals surface area contributed by atoms with E-state index in [4.69, 9.17) is 4.74 Å². The monoisotopic (exact) mass is 235 g/mol. The van der Waals surface area contributed by atoms with Crippen molar-refractivity contribution in [1.82, 2.24) is 4.98 Å². The van der Waals surface area contributed by atoms with Crippen molar-refractivity contribution in [2.75, 3.05) is 14.2 Å². The highest BCUT2D eigenvalue weighted by molar-refractivity contribution is 6.03. The highest BCUT2D eigenvalue weighted by Gasteiger charge is 2.21. The second-order valence-corrected chi connectivity index (χ2v) is 3.67. The van der Waals surface area contributed by atoms with Crippen LogP contribution >= 0.6 is 0 Å². The van der Waals surface area contributed by atoms with Gasteiger partial charge in [0.25, 0.3) is 0 Å². The van der Waals surface area contributed by atoms with Gasteiger partial charge in [0, 0.05) is 5.39 Å². The Kier molecular flexibility index (Phi) is 2.67. The predicted molar refractivity (Wildman–Crippen MR) is 62.6 cm³/mol. The molecule has 2 N–H and O–H groups in total. The number of carbonyl (C=O) groups excluding carboxylic acids is 1. The Labute approximate surface area is 98.0 Å². The lowest BCUT2D eigenvalue weighted by Gasteiger charge is -2.03. The summed E-state index contributed by atoms with van der Waals surface area (Å²) in [5, 5.41) is 10.6. The molecule has 0 saturated heterocycles. The van der Waals surface area contributed by atoms with Crippen molar-refractivity contribution in [3.05, 3.63) is 23.4 Å². The van der Waals surface area contributed by atoms with Crippen LogP contribution in [0.15, 0.2) is 12.1 Å². The normalized spacial score (nSPS) is 10.5. The van der Waals surface area contributed by atoms with Crippen LogP contribution in [0.5, 0.6) is 11.5 Å². The number of esters is 1. The lowest BCUT2D eigenvalue weighted by atomic mass is 10.1. The van der Waals surface area contributed by atoms with Crippen molar-refractivity contribution < 1.29 is 19.4 Å². The van der Waals surface area contributed by atoms with Gasteiger partial charge >= 0.3 is 5.97 Å². The summed E-state index contributed by atoms with van der Waals surface area (Å²) in [6.07, 6.45) is 0. The molecule has 0 fully saturated rings. The zero-order chi connectivity index (χ0) is 12.6. The third-order valence-corrected chi connectivity index (χ3v) is 2.71. The number of aryl methyl sites for hydroxylation is 1. The van der Waals surface area contributed by atoms with Gasteiger partial charge in [-0.15, -0.1) is 0 Å². The van der Waals surface area contributed by atoms with E-state index in [9.17, 15) is 9.90 Å². The number of aromatic hydroxyl groups is 1. The van der Waals surface area contributed by atoms with Crippen molar-refractivity contribution in [1.29, 1.82) is 0 Å². The molecule has 0 radical (unpaired) electrons. The van der Waals surface area contributed by atoms with E-state index in [2.05, 4.69) is 9.72 Å². The van der Waals surface area contributed by atoms with Gasteiger partial charge in [0.1, 0.15) is 5.75 Å². The maximum atomic E-state index is 11.5. The maximum absolute atomic E-state index is 11.5. The molecule has 1 aromatic heterocycles. The van der Waals surface area contributed by atoms with E-state index in [-0.39, 0.29) is 11.4 Å². The number of ether oxygens (including phenoxy) is 2. The lowest BCUT2D eigenvalue weighted by Crippen LogP contribution is -2.01. The van der Waals surface area contributed by atoms with Crippen molar-refractivity contribution >= 4 is 16.9 Å². The number of benzene rings is 1. The van der Waals surface area contributed by atoms with Crippen molar-refractivity contribution in [3.63, 3.8) is 0 Å². The minimum absolute atomic E-state index is 0.0371. The maximum Gasteiger partial charge on any atom is 0.358 e. The van der Waals surface area contributed by atoms with Crippen molar-refractivity contribution in [3.8, 4) is 11.5 Å². The molecule has 0 aliphatic rings. The van der Waals surface area contributed by atoms with E-state index in [1.165, 1.54) is 14.2 Å². The van der Waals surface area contributed by atoms with Gasteiger partial charge in [0.15, 0.2) is 11.4 Å². The fraction of sp³-hybridized carbons (Fsp3) is 0.250. The first kappa shape index (κ1) is 11.3. The number of carbonyl (C=O) groups is 1. The van der Waals surface area contributed by atoms with Crippen LogP contribution in [0.2, 0.25) is 0 Å². The predicted octanol–water partition coefficient (Wildman–Crippen LogP) is 1.98. The summed E-state index contributed by atoms with van der Waals surface area (Å²) >= 11 is 0. The lowest BCUT2D eigenvalue weighted by molar-refractivity contribution is 0.0592. The van der Waals surface area contributed by atoms with E-state index in [0.717, 1.165) is 5.56 Å². The molecule has 0 aliphatic heterocycles. The summed E-state index contributed by atoms with van der Waals surface area (Å²) in [6.45, 7) is 1.84. The van der Waals surface area contributed by atoms with Crippen LogP contribution in [-0.2, 0) is 4.74 Å². The topological polar surface area (TPSA) is 71.6 Å². The molecular formula is C12H13NO4. The van der Waals surface area contributed by atoms with Gasteiger partial charge in [0.05, 0.1) is 19.7 Å². The molecule has 90 valence electrons. The molecule has 5 heteroatoms. The fourth-order valence-electron chi connectivity index (χ4n) is 1.85. The highest BCUT2D eigenvalue weighted by Crippen LogP contribution is 2.36. The number of methoxy groups -OCH3 is 2.